The van der Waals surface area contributed by atoms with Gasteiger partial charge >= 0.3 is 0 Å². The van der Waals surface area contributed by atoms with Crippen LogP contribution in [0, 0.1) is 23.2 Å². The molecule has 0 aromatic heterocycles. The van der Waals surface area contributed by atoms with Gasteiger partial charge in [-0.1, -0.05) is 13.3 Å². The van der Waals surface area contributed by atoms with Crippen LogP contribution in [-0.2, 0) is 4.79 Å². The number of hydrogen-bond acceptors (Lipinski definition) is 2. The van der Waals surface area contributed by atoms with Gasteiger partial charge in [0.25, 0.3) is 0 Å². The number of piperidine rings is 2. The van der Waals surface area contributed by atoms with Gasteiger partial charge in [0, 0.05) is 23.5 Å². The zero-order chi connectivity index (χ0) is 17.0. The van der Waals surface area contributed by atoms with Crippen LogP contribution in [0.3, 0.4) is 0 Å². The van der Waals surface area contributed by atoms with Gasteiger partial charge in [-0.2, -0.15) is 0 Å². The highest BCUT2D eigenvalue weighted by molar-refractivity contribution is 5.83. The highest BCUT2D eigenvalue weighted by Gasteiger charge is 2.55. The molecule has 3 nitrogen and oxygen atoms in total. The third-order valence-electron chi connectivity index (χ3n) is 8.46. The first-order chi connectivity index (χ1) is 12.1. The average Bonchev–Trinajstić information content (AvgIpc) is 2.54. The summed E-state index contributed by atoms with van der Waals surface area (Å²) in [4.78, 5) is 16.1. The van der Waals surface area contributed by atoms with Crippen molar-refractivity contribution in [1.29, 1.82) is 0 Å². The van der Waals surface area contributed by atoms with Gasteiger partial charge in [-0.3, -0.25) is 9.69 Å². The molecule has 2 saturated heterocycles. The molecule has 6 bridgehead atoms. The van der Waals surface area contributed by atoms with Gasteiger partial charge in [0.2, 0.25) is 5.91 Å². The van der Waals surface area contributed by atoms with E-state index >= 15 is 0 Å². The molecular weight excluding hydrogens is 308 g/mol. The quantitative estimate of drug-likeness (QED) is 0.832. The molecule has 4 aliphatic carbocycles. The highest BCUT2D eigenvalue weighted by atomic mass is 16.2. The van der Waals surface area contributed by atoms with E-state index in [-0.39, 0.29) is 5.41 Å². The number of hydrogen-bond donors (Lipinski definition) is 1. The van der Waals surface area contributed by atoms with Gasteiger partial charge in [0.1, 0.15) is 0 Å². The van der Waals surface area contributed by atoms with Crippen LogP contribution in [0.25, 0.3) is 0 Å². The third kappa shape index (κ3) is 2.85. The smallest absolute Gasteiger partial charge is 0.226 e. The summed E-state index contributed by atoms with van der Waals surface area (Å²) in [5.74, 6) is 3.05. The lowest BCUT2D eigenvalue weighted by atomic mass is 9.49. The topological polar surface area (TPSA) is 32.3 Å². The fourth-order valence-electron chi connectivity index (χ4n) is 7.95. The van der Waals surface area contributed by atoms with Crippen molar-refractivity contribution in [3.05, 3.63) is 0 Å². The average molecular weight is 345 g/mol. The largest absolute Gasteiger partial charge is 0.353 e. The Morgan fingerprint density at radius 2 is 1.52 bits per heavy atom. The van der Waals surface area contributed by atoms with Crippen molar-refractivity contribution in [2.75, 3.05) is 6.54 Å². The Balaban J connectivity index is 1.26. The highest BCUT2D eigenvalue weighted by Crippen LogP contribution is 2.60. The molecule has 0 radical (unpaired) electrons. The monoisotopic (exact) mass is 344 g/mol. The zero-order valence-corrected chi connectivity index (χ0v) is 16.0. The van der Waals surface area contributed by atoms with Crippen LogP contribution in [0.15, 0.2) is 0 Å². The number of amides is 1. The Bertz CT molecular complexity index is 481. The summed E-state index contributed by atoms with van der Waals surface area (Å²) >= 11 is 0. The Labute approximate surface area is 153 Å². The standard InChI is InChI=1S/C22H36N2O/c1-2-6-24-19-4-3-5-20(24)11-18(10-19)23-21(25)22-12-15-7-16(13-22)9-17(8-15)14-22/h15-20H,2-14H2,1H3,(H,23,25). The molecule has 4 saturated carbocycles. The van der Waals surface area contributed by atoms with E-state index in [4.69, 9.17) is 0 Å². The van der Waals surface area contributed by atoms with E-state index in [2.05, 4.69) is 17.1 Å². The van der Waals surface area contributed by atoms with Crippen molar-refractivity contribution in [1.82, 2.24) is 10.2 Å². The maximum absolute atomic E-state index is 13.4. The lowest BCUT2D eigenvalue weighted by Crippen LogP contribution is -2.60. The summed E-state index contributed by atoms with van der Waals surface area (Å²) in [7, 11) is 0. The van der Waals surface area contributed by atoms with Crippen LogP contribution in [0.5, 0.6) is 0 Å². The molecule has 1 amide bonds. The minimum Gasteiger partial charge on any atom is -0.353 e. The molecule has 3 heteroatoms. The fraction of sp³-hybridized carbons (Fsp3) is 0.955. The summed E-state index contributed by atoms with van der Waals surface area (Å²) in [6.45, 7) is 3.56. The Morgan fingerprint density at radius 3 is 2.04 bits per heavy atom. The molecule has 0 aromatic carbocycles. The molecule has 2 heterocycles. The van der Waals surface area contributed by atoms with E-state index in [1.165, 1.54) is 83.6 Å². The summed E-state index contributed by atoms with van der Waals surface area (Å²) < 4.78 is 0. The molecule has 2 aliphatic heterocycles. The number of carbonyl (C=O) groups is 1. The lowest BCUT2D eigenvalue weighted by molar-refractivity contribution is -0.147. The van der Waals surface area contributed by atoms with Crippen molar-refractivity contribution >= 4 is 5.91 Å². The number of rotatable bonds is 4. The summed E-state index contributed by atoms with van der Waals surface area (Å²) in [6.07, 6.45) is 15.6. The van der Waals surface area contributed by atoms with Crippen molar-refractivity contribution in [3.8, 4) is 0 Å². The Kier molecular flexibility index (Phi) is 4.15. The molecule has 0 spiro atoms. The Morgan fingerprint density at radius 1 is 0.960 bits per heavy atom. The van der Waals surface area contributed by atoms with Crippen LogP contribution in [0.1, 0.15) is 84.0 Å². The van der Waals surface area contributed by atoms with Crippen molar-refractivity contribution in [3.63, 3.8) is 0 Å². The SMILES string of the molecule is CCCN1C2CCCC1CC(NC(=O)C13CC4CC(CC(C4)C1)C3)C2. The first-order valence-corrected chi connectivity index (χ1v) is 11.2. The molecule has 6 fully saturated rings. The van der Waals surface area contributed by atoms with Crippen LogP contribution in [0.4, 0.5) is 0 Å². The predicted molar refractivity (Wildman–Crippen MR) is 100 cm³/mol. The first-order valence-electron chi connectivity index (χ1n) is 11.2. The molecule has 1 N–H and O–H groups in total. The van der Waals surface area contributed by atoms with Crippen molar-refractivity contribution in [2.24, 2.45) is 23.2 Å². The van der Waals surface area contributed by atoms with E-state index < -0.39 is 0 Å². The van der Waals surface area contributed by atoms with E-state index in [1.54, 1.807) is 0 Å². The second kappa shape index (κ2) is 6.25. The van der Waals surface area contributed by atoms with Gasteiger partial charge in [-0.05, 0) is 94.9 Å². The van der Waals surface area contributed by atoms with Crippen LogP contribution < -0.4 is 5.32 Å². The summed E-state index contributed by atoms with van der Waals surface area (Å²) in [6, 6.07) is 1.91. The van der Waals surface area contributed by atoms with Gasteiger partial charge in [-0.15, -0.1) is 0 Å². The van der Waals surface area contributed by atoms with Crippen LogP contribution >= 0.6 is 0 Å². The fourth-order valence-corrected chi connectivity index (χ4v) is 7.95. The maximum atomic E-state index is 13.4. The molecule has 0 aromatic rings. The van der Waals surface area contributed by atoms with E-state index in [0.29, 0.717) is 11.9 Å². The molecule has 25 heavy (non-hydrogen) atoms. The number of fused-ring (bicyclic) bond motifs is 2. The Hall–Kier alpha value is -0.570. The minimum atomic E-state index is 0.0322. The maximum Gasteiger partial charge on any atom is 0.226 e. The van der Waals surface area contributed by atoms with Crippen molar-refractivity contribution in [2.45, 2.75) is 102 Å². The van der Waals surface area contributed by atoms with E-state index in [9.17, 15) is 4.79 Å². The minimum absolute atomic E-state index is 0.0322. The first kappa shape index (κ1) is 16.6. The van der Waals surface area contributed by atoms with E-state index in [0.717, 1.165) is 29.8 Å². The van der Waals surface area contributed by atoms with Crippen LogP contribution in [-0.4, -0.2) is 35.5 Å². The molecule has 6 rings (SSSR count). The second-order valence-electron chi connectivity index (χ2n) is 10.3. The molecule has 2 atom stereocenters. The predicted octanol–water partition coefficient (Wildman–Crippen LogP) is 4.11. The molecular formula is C22H36N2O. The second-order valence-corrected chi connectivity index (χ2v) is 10.3. The summed E-state index contributed by atoms with van der Waals surface area (Å²) in [5, 5.41) is 3.60. The van der Waals surface area contributed by atoms with Gasteiger partial charge in [-0.25, -0.2) is 0 Å². The normalized spacial score (nSPS) is 48.5. The zero-order valence-electron chi connectivity index (χ0n) is 16.0. The number of nitrogens with zero attached hydrogens (tertiary/aromatic N) is 1. The number of nitrogens with one attached hydrogen (secondary N) is 1. The van der Waals surface area contributed by atoms with Gasteiger partial charge in [0.15, 0.2) is 0 Å². The molecule has 2 unspecified atom stereocenters. The number of carbonyl (C=O) groups excluding carboxylic acids is 1. The van der Waals surface area contributed by atoms with Crippen LogP contribution in [0.2, 0.25) is 0 Å². The van der Waals surface area contributed by atoms with Gasteiger partial charge in [0.05, 0.1) is 0 Å². The third-order valence-corrected chi connectivity index (χ3v) is 8.46. The molecule has 140 valence electrons. The summed E-state index contributed by atoms with van der Waals surface area (Å²) in [5.41, 5.74) is 0.0322. The van der Waals surface area contributed by atoms with Gasteiger partial charge < -0.3 is 5.32 Å². The van der Waals surface area contributed by atoms with E-state index in [1.807, 2.05) is 0 Å². The molecule has 6 aliphatic rings. The van der Waals surface area contributed by atoms with Crippen molar-refractivity contribution < 1.29 is 4.79 Å². The lowest BCUT2D eigenvalue weighted by Gasteiger charge is -2.56.